The number of fused-ring (bicyclic) bond motifs is 1. The van der Waals surface area contributed by atoms with Gasteiger partial charge in [-0.1, -0.05) is 48.5 Å². The molecule has 0 aliphatic heterocycles. The molecule has 0 spiro atoms. The number of carboxylic acids is 1. The van der Waals surface area contributed by atoms with Crippen LogP contribution in [0.2, 0.25) is 0 Å². The maximum atomic E-state index is 13.4. The molecule has 1 aromatic heterocycles. The van der Waals surface area contributed by atoms with Crippen molar-refractivity contribution in [3.8, 4) is 6.07 Å². The molecule has 3 aromatic carbocycles. The fraction of sp³-hybridized carbons (Fsp3) is 0.0417. The number of carbonyl (C=O) groups excluding carboxylic acids is 2. The number of carbonyl (C=O) groups is 2. The molecule has 0 fully saturated rings. The Morgan fingerprint density at radius 1 is 0.906 bits per heavy atom. The van der Waals surface area contributed by atoms with E-state index in [1.807, 2.05) is 6.07 Å². The zero-order valence-electron chi connectivity index (χ0n) is 17.1. The first-order valence-corrected chi connectivity index (χ1v) is 10.1. The minimum atomic E-state index is -1.45. The summed E-state index contributed by atoms with van der Waals surface area (Å²) < 4.78 is 8.30. The van der Waals surface area contributed by atoms with Gasteiger partial charge in [-0.05, 0) is 35.4 Å². The summed E-state index contributed by atoms with van der Waals surface area (Å²) in [6, 6.07) is 22.1. The zero-order valence-corrected chi connectivity index (χ0v) is 19.9. The SMILES string of the molecule is N#Cc1ccc(C/C(C(=O)c2ccccc2)=C(\C(=O)[O-])c2ccc3nsnc3c2)cc1.[Na+]. The van der Waals surface area contributed by atoms with Crippen LogP contribution in [-0.2, 0) is 11.2 Å². The molecule has 0 bridgehead atoms. The number of rotatable bonds is 6. The number of Topliss-reactive ketones (excluding diaryl/α,β-unsaturated/α-hetero) is 1. The van der Waals surface area contributed by atoms with E-state index in [-0.39, 0.29) is 47.1 Å². The van der Waals surface area contributed by atoms with Crippen molar-refractivity contribution in [1.82, 2.24) is 8.75 Å². The summed E-state index contributed by atoms with van der Waals surface area (Å²) in [6.45, 7) is 0. The van der Waals surface area contributed by atoms with Crippen LogP contribution in [0.15, 0.2) is 78.4 Å². The first-order valence-electron chi connectivity index (χ1n) is 9.33. The third-order valence-corrected chi connectivity index (χ3v) is 5.38. The fourth-order valence-electron chi connectivity index (χ4n) is 3.30. The average molecular weight is 447 g/mol. The molecule has 0 saturated carbocycles. The first-order chi connectivity index (χ1) is 15.1. The molecule has 0 atom stereocenters. The number of aromatic nitrogens is 2. The van der Waals surface area contributed by atoms with Gasteiger partial charge in [-0.3, -0.25) is 4.79 Å². The van der Waals surface area contributed by atoms with E-state index in [9.17, 15) is 14.7 Å². The molecule has 150 valence electrons. The van der Waals surface area contributed by atoms with Gasteiger partial charge in [0.2, 0.25) is 0 Å². The van der Waals surface area contributed by atoms with Gasteiger partial charge in [0.05, 0.1) is 29.3 Å². The minimum absolute atomic E-state index is 0. The van der Waals surface area contributed by atoms with Crippen LogP contribution < -0.4 is 34.7 Å². The predicted octanol–water partition coefficient (Wildman–Crippen LogP) is 0.196. The molecule has 6 nitrogen and oxygen atoms in total. The summed E-state index contributed by atoms with van der Waals surface area (Å²) in [5, 5.41) is 21.3. The van der Waals surface area contributed by atoms with E-state index in [2.05, 4.69) is 8.75 Å². The van der Waals surface area contributed by atoms with Crippen LogP contribution in [0.1, 0.15) is 27.0 Å². The number of hydrogen-bond donors (Lipinski definition) is 0. The van der Waals surface area contributed by atoms with Gasteiger partial charge >= 0.3 is 29.6 Å². The molecule has 0 radical (unpaired) electrons. The Morgan fingerprint density at radius 3 is 2.25 bits per heavy atom. The van der Waals surface area contributed by atoms with Gasteiger partial charge in [-0.15, -0.1) is 0 Å². The largest absolute Gasteiger partial charge is 1.00 e. The van der Waals surface area contributed by atoms with E-state index in [0.29, 0.717) is 33.3 Å². The molecule has 1 heterocycles. The van der Waals surface area contributed by atoms with Gasteiger partial charge in [0.25, 0.3) is 0 Å². The summed E-state index contributed by atoms with van der Waals surface area (Å²) in [5.74, 6) is -1.85. The number of aliphatic carboxylic acids is 1. The summed E-state index contributed by atoms with van der Waals surface area (Å²) >= 11 is 1.03. The summed E-state index contributed by atoms with van der Waals surface area (Å²) in [5.41, 5.74) is 2.99. The molecule has 4 rings (SSSR count). The van der Waals surface area contributed by atoms with Gasteiger partial charge < -0.3 is 9.90 Å². The van der Waals surface area contributed by atoms with Crippen molar-refractivity contribution in [2.45, 2.75) is 6.42 Å². The monoisotopic (exact) mass is 447 g/mol. The van der Waals surface area contributed by atoms with Crippen LogP contribution in [0, 0.1) is 11.3 Å². The van der Waals surface area contributed by atoms with Crippen molar-refractivity contribution < 1.29 is 44.3 Å². The standard InChI is InChI=1S/C24H15N3O3S.Na/c25-14-16-8-6-15(7-9-16)12-19(23(28)17-4-2-1-3-5-17)22(24(29)30)18-10-11-20-21(13-18)27-31-26-20;/h1-11,13H,12H2,(H,29,30);/q;+1/p-1/b22-19+;. The number of ketones is 1. The van der Waals surface area contributed by atoms with Crippen LogP contribution in [0.5, 0.6) is 0 Å². The van der Waals surface area contributed by atoms with Crippen molar-refractivity contribution >= 4 is 40.1 Å². The molecule has 32 heavy (non-hydrogen) atoms. The normalized spacial score (nSPS) is 11.2. The molecule has 8 heteroatoms. The molecule has 0 aliphatic rings. The Bertz CT molecular complexity index is 1360. The second-order valence-electron chi connectivity index (χ2n) is 6.79. The number of nitriles is 1. The van der Waals surface area contributed by atoms with E-state index >= 15 is 0 Å². The van der Waals surface area contributed by atoms with Crippen molar-refractivity contribution in [2.24, 2.45) is 0 Å². The third-order valence-electron chi connectivity index (χ3n) is 4.82. The Kier molecular flexibility index (Phi) is 7.67. The summed E-state index contributed by atoms with van der Waals surface area (Å²) in [6.07, 6.45) is 0.0656. The van der Waals surface area contributed by atoms with Crippen molar-refractivity contribution in [2.75, 3.05) is 0 Å². The number of benzene rings is 3. The molecular formula is C24H14N3NaO3S. The molecular weight excluding hydrogens is 433 g/mol. The quantitative estimate of drug-likeness (QED) is 0.237. The van der Waals surface area contributed by atoms with E-state index in [1.54, 1.807) is 72.8 Å². The third kappa shape index (κ3) is 5.01. The summed E-state index contributed by atoms with van der Waals surface area (Å²) in [7, 11) is 0. The van der Waals surface area contributed by atoms with Gasteiger partial charge in [-0.25, -0.2) is 0 Å². The molecule has 0 amide bonds. The van der Waals surface area contributed by atoms with Gasteiger partial charge in [0.15, 0.2) is 5.78 Å². The Balaban J connectivity index is 0.00000289. The maximum Gasteiger partial charge on any atom is 1.00 e. The van der Waals surface area contributed by atoms with Crippen LogP contribution >= 0.6 is 11.7 Å². The van der Waals surface area contributed by atoms with Gasteiger partial charge in [0.1, 0.15) is 11.0 Å². The number of nitrogens with zero attached hydrogens (tertiary/aromatic N) is 3. The number of carboxylic acid groups (broad SMARTS) is 1. The van der Waals surface area contributed by atoms with Gasteiger partial charge in [0, 0.05) is 23.1 Å². The smallest absolute Gasteiger partial charge is 0.545 e. The topological polar surface area (TPSA) is 107 Å². The van der Waals surface area contributed by atoms with Gasteiger partial charge in [-0.2, -0.15) is 14.0 Å². The summed E-state index contributed by atoms with van der Waals surface area (Å²) in [4.78, 5) is 25.6. The Morgan fingerprint density at radius 2 is 1.59 bits per heavy atom. The van der Waals surface area contributed by atoms with Crippen LogP contribution in [0.25, 0.3) is 16.6 Å². The van der Waals surface area contributed by atoms with E-state index < -0.39 is 11.8 Å². The van der Waals surface area contributed by atoms with Crippen LogP contribution in [0.4, 0.5) is 0 Å². The fourth-order valence-corrected chi connectivity index (χ4v) is 3.82. The molecule has 0 aliphatic carbocycles. The average Bonchev–Trinajstić information content (AvgIpc) is 3.27. The Hall–Kier alpha value is -3.15. The Labute approximate surface area is 210 Å². The molecule has 0 N–H and O–H groups in total. The van der Waals surface area contributed by atoms with Crippen molar-refractivity contribution in [3.05, 3.63) is 101 Å². The number of hydrogen-bond acceptors (Lipinski definition) is 7. The minimum Gasteiger partial charge on any atom is -0.545 e. The number of allylic oxidation sites excluding steroid dienone is 1. The van der Waals surface area contributed by atoms with E-state index in [4.69, 9.17) is 5.26 Å². The maximum absolute atomic E-state index is 13.4. The van der Waals surface area contributed by atoms with Crippen LogP contribution in [-0.4, -0.2) is 20.5 Å². The second-order valence-corrected chi connectivity index (χ2v) is 7.32. The van der Waals surface area contributed by atoms with E-state index in [0.717, 1.165) is 11.7 Å². The molecule has 0 unspecified atom stereocenters. The predicted molar refractivity (Wildman–Crippen MR) is 115 cm³/mol. The van der Waals surface area contributed by atoms with E-state index in [1.165, 1.54) is 0 Å². The first kappa shape index (κ1) is 23.5. The molecule has 0 saturated heterocycles. The van der Waals surface area contributed by atoms with Crippen molar-refractivity contribution in [1.29, 1.82) is 5.26 Å². The molecule has 4 aromatic rings. The zero-order chi connectivity index (χ0) is 21.8. The van der Waals surface area contributed by atoms with Crippen LogP contribution in [0.3, 0.4) is 0 Å². The second kappa shape index (κ2) is 10.4. The van der Waals surface area contributed by atoms with Crippen molar-refractivity contribution in [3.63, 3.8) is 0 Å².